The van der Waals surface area contributed by atoms with Crippen molar-refractivity contribution in [2.75, 3.05) is 5.84 Å². The van der Waals surface area contributed by atoms with Gasteiger partial charge in [-0.3, -0.25) is 0 Å². The van der Waals surface area contributed by atoms with Crippen LogP contribution in [0.15, 0.2) is 46.2 Å². The number of nitrogens with two attached hydrogens (primary N) is 1. The summed E-state index contributed by atoms with van der Waals surface area (Å²) in [5, 5.41) is 9.62. The summed E-state index contributed by atoms with van der Waals surface area (Å²) < 4.78 is 6.75. The third-order valence-corrected chi connectivity index (χ3v) is 4.27. The second-order valence-corrected chi connectivity index (χ2v) is 5.86. The molecule has 3 aromatic rings. The number of thioether (sulfide) groups is 1. The average molecular weight is 321 g/mol. The van der Waals surface area contributed by atoms with Crippen molar-refractivity contribution >= 4 is 23.4 Å². The lowest BCUT2D eigenvalue weighted by Gasteiger charge is -2.03. The van der Waals surface area contributed by atoms with Crippen molar-refractivity contribution in [1.29, 1.82) is 0 Å². The first-order valence-electron chi connectivity index (χ1n) is 6.27. The van der Waals surface area contributed by atoms with Crippen molar-refractivity contribution in [2.45, 2.75) is 17.8 Å². The van der Waals surface area contributed by atoms with Crippen LogP contribution in [0, 0.1) is 6.92 Å². The van der Waals surface area contributed by atoms with Crippen LogP contribution in [0.2, 0.25) is 5.02 Å². The highest BCUT2D eigenvalue weighted by molar-refractivity contribution is 7.98. The molecule has 0 saturated carbocycles. The number of aryl methyl sites for hydroxylation is 1. The molecule has 2 heterocycles. The fourth-order valence-corrected chi connectivity index (χ4v) is 2.96. The average Bonchev–Trinajstić information content (AvgIpc) is 3.03. The summed E-state index contributed by atoms with van der Waals surface area (Å²) in [4.78, 5) is 0. The van der Waals surface area contributed by atoms with Crippen molar-refractivity contribution in [3.8, 4) is 11.4 Å². The lowest BCUT2D eigenvalue weighted by atomic mass is 10.2. The van der Waals surface area contributed by atoms with E-state index in [1.54, 1.807) is 6.26 Å². The highest BCUT2D eigenvalue weighted by atomic mass is 35.5. The van der Waals surface area contributed by atoms with Gasteiger partial charge < -0.3 is 10.3 Å². The molecule has 21 heavy (non-hydrogen) atoms. The summed E-state index contributed by atoms with van der Waals surface area (Å²) >= 11 is 7.48. The van der Waals surface area contributed by atoms with Gasteiger partial charge in [-0.15, -0.1) is 10.2 Å². The van der Waals surface area contributed by atoms with Gasteiger partial charge in [-0.25, -0.2) is 4.68 Å². The Bertz CT molecular complexity index is 768. The van der Waals surface area contributed by atoms with Crippen molar-refractivity contribution in [1.82, 2.24) is 14.9 Å². The van der Waals surface area contributed by atoms with Crippen molar-refractivity contribution in [3.05, 3.63) is 52.9 Å². The van der Waals surface area contributed by atoms with Gasteiger partial charge in [0.05, 0.1) is 11.8 Å². The summed E-state index contributed by atoms with van der Waals surface area (Å²) in [5.74, 6) is 8.14. The molecule has 1 aromatic carbocycles. The van der Waals surface area contributed by atoms with Crippen LogP contribution in [0.3, 0.4) is 0 Å². The molecular weight excluding hydrogens is 308 g/mol. The Kier molecular flexibility index (Phi) is 3.90. The molecule has 0 fully saturated rings. The molecule has 0 radical (unpaired) electrons. The zero-order chi connectivity index (χ0) is 14.8. The van der Waals surface area contributed by atoms with E-state index in [1.807, 2.05) is 37.3 Å². The van der Waals surface area contributed by atoms with Crippen molar-refractivity contribution < 1.29 is 4.42 Å². The first-order chi connectivity index (χ1) is 10.1. The second kappa shape index (κ2) is 5.83. The van der Waals surface area contributed by atoms with E-state index in [9.17, 15) is 0 Å². The van der Waals surface area contributed by atoms with Crippen LogP contribution in [0.5, 0.6) is 0 Å². The highest BCUT2D eigenvalue weighted by Gasteiger charge is 2.15. The molecule has 0 saturated heterocycles. The Hall–Kier alpha value is -1.92. The Morgan fingerprint density at radius 2 is 2.19 bits per heavy atom. The number of halogens is 1. The van der Waals surface area contributed by atoms with E-state index in [0.717, 1.165) is 27.7 Å². The molecule has 0 aliphatic heterocycles. The minimum atomic E-state index is 0.592. The van der Waals surface area contributed by atoms with E-state index < -0.39 is 0 Å². The molecule has 0 aliphatic carbocycles. The number of furan rings is 1. The molecule has 0 aliphatic rings. The van der Waals surface area contributed by atoms with Crippen LogP contribution in [0.25, 0.3) is 11.4 Å². The van der Waals surface area contributed by atoms with E-state index in [4.69, 9.17) is 21.9 Å². The fraction of sp³-hybridized carbons (Fsp3) is 0.143. The quantitative estimate of drug-likeness (QED) is 0.588. The molecule has 2 aromatic heterocycles. The zero-order valence-corrected chi connectivity index (χ0v) is 12.9. The fourth-order valence-electron chi connectivity index (χ4n) is 1.95. The lowest BCUT2D eigenvalue weighted by Crippen LogP contribution is -2.11. The third kappa shape index (κ3) is 2.91. The first-order valence-corrected chi connectivity index (χ1v) is 7.63. The maximum absolute atomic E-state index is 6.06. The zero-order valence-electron chi connectivity index (χ0n) is 11.3. The molecule has 0 amide bonds. The third-order valence-electron chi connectivity index (χ3n) is 3.02. The second-order valence-electron chi connectivity index (χ2n) is 4.49. The summed E-state index contributed by atoms with van der Waals surface area (Å²) in [6, 6.07) is 9.53. The Balaban J connectivity index is 1.79. The Labute approximate surface area is 131 Å². The van der Waals surface area contributed by atoms with E-state index in [1.165, 1.54) is 16.4 Å². The SMILES string of the molecule is Cc1occc1-c1nnc(SCc2cccc(Cl)c2)n1N. The normalized spacial score (nSPS) is 11.0. The van der Waals surface area contributed by atoms with Gasteiger partial charge in [0.25, 0.3) is 0 Å². The van der Waals surface area contributed by atoms with Crippen LogP contribution in [-0.4, -0.2) is 14.9 Å². The van der Waals surface area contributed by atoms with Crippen LogP contribution in [0.4, 0.5) is 0 Å². The monoisotopic (exact) mass is 320 g/mol. The highest BCUT2D eigenvalue weighted by Crippen LogP contribution is 2.27. The molecule has 5 nitrogen and oxygen atoms in total. The van der Waals surface area contributed by atoms with Gasteiger partial charge in [-0.1, -0.05) is 35.5 Å². The lowest BCUT2D eigenvalue weighted by molar-refractivity contribution is 0.535. The van der Waals surface area contributed by atoms with Crippen molar-refractivity contribution in [3.63, 3.8) is 0 Å². The molecule has 108 valence electrons. The molecule has 7 heteroatoms. The van der Waals surface area contributed by atoms with Crippen LogP contribution in [-0.2, 0) is 5.75 Å². The largest absolute Gasteiger partial charge is 0.469 e. The first kappa shape index (κ1) is 14.0. The van der Waals surface area contributed by atoms with Crippen LogP contribution < -0.4 is 5.84 Å². The Morgan fingerprint density at radius 3 is 2.90 bits per heavy atom. The van der Waals surface area contributed by atoms with E-state index in [2.05, 4.69) is 10.2 Å². The number of rotatable bonds is 4. The van der Waals surface area contributed by atoms with Gasteiger partial charge in [0.1, 0.15) is 5.76 Å². The molecule has 2 N–H and O–H groups in total. The van der Waals surface area contributed by atoms with E-state index >= 15 is 0 Å². The van der Waals surface area contributed by atoms with Gasteiger partial charge >= 0.3 is 0 Å². The molecule has 0 spiro atoms. The number of benzene rings is 1. The number of nitrogens with zero attached hydrogens (tertiary/aromatic N) is 3. The maximum Gasteiger partial charge on any atom is 0.210 e. The standard InChI is InChI=1S/C14H13ClN4OS/c1-9-12(5-6-20-9)13-17-18-14(19(13)16)21-8-10-3-2-4-11(15)7-10/h2-7H,8,16H2,1H3. The molecule has 3 rings (SSSR count). The van der Waals surface area contributed by atoms with E-state index in [0.29, 0.717) is 11.0 Å². The van der Waals surface area contributed by atoms with Gasteiger partial charge in [-0.05, 0) is 30.7 Å². The summed E-state index contributed by atoms with van der Waals surface area (Å²) in [7, 11) is 0. The topological polar surface area (TPSA) is 69.9 Å². The minimum Gasteiger partial charge on any atom is -0.469 e. The van der Waals surface area contributed by atoms with Gasteiger partial charge in [0.15, 0.2) is 5.82 Å². The Morgan fingerprint density at radius 1 is 1.33 bits per heavy atom. The summed E-state index contributed by atoms with van der Waals surface area (Å²) in [6.45, 7) is 1.86. The van der Waals surface area contributed by atoms with Crippen LogP contribution >= 0.6 is 23.4 Å². The maximum atomic E-state index is 6.06. The van der Waals surface area contributed by atoms with Gasteiger partial charge in [0, 0.05) is 10.8 Å². The summed E-state index contributed by atoms with van der Waals surface area (Å²) in [6.07, 6.45) is 1.61. The predicted molar refractivity (Wildman–Crippen MR) is 83.6 cm³/mol. The van der Waals surface area contributed by atoms with E-state index in [-0.39, 0.29) is 0 Å². The van der Waals surface area contributed by atoms with Gasteiger partial charge in [0.2, 0.25) is 5.16 Å². The molecular formula is C14H13ClN4OS. The van der Waals surface area contributed by atoms with Crippen LogP contribution in [0.1, 0.15) is 11.3 Å². The number of hydrogen-bond donors (Lipinski definition) is 1. The molecule has 0 unspecified atom stereocenters. The number of nitrogen functional groups attached to an aromatic ring is 1. The predicted octanol–water partition coefficient (Wildman–Crippen LogP) is 3.51. The molecule has 0 bridgehead atoms. The smallest absolute Gasteiger partial charge is 0.210 e. The van der Waals surface area contributed by atoms with Gasteiger partial charge in [-0.2, -0.15) is 0 Å². The number of hydrogen-bond acceptors (Lipinski definition) is 5. The minimum absolute atomic E-state index is 0.592. The number of aromatic nitrogens is 3. The summed E-state index contributed by atoms with van der Waals surface area (Å²) in [5.41, 5.74) is 1.95. The molecule has 0 atom stereocenters. The van der Waals surface area contributed by atoms with Crippen molar-refractivity contribution in [2.24, 2.45) is 0 Å².